The lowest BCUT2D eigenvalue weighted by atomic mass is 9.91. The normalized spacial score (nSPS) is 17.0. The molecular formula is C27H30ClFN6O4S2. The summed E-state index contributed by atoms with van der Waals surface area (Å²) < 4.78 is 68.8. The van der Waals surface area contributed by atoms with Gasteiger partial charge in [0.15, 0.2) is 0 Å². The Hall–Kier alpha value is -3.36. The molecule has 4 N–H and O–H groups in total. The SMILES string of the molecule is CC(C)C(CN=C(NS(=O)(=O)c1ccc(Cl)cc1)N1C[C@@H](c2ccccc2)C(c2ccc(F)cc2)=N1)NS(N)(=O)=O. The number of nitrogens with one attached hydrogen (secondary N) is 2. The number of aliphatic imine (C=N–C) groups is 1. The molecule has 2 atom stereocenters. The molecule has 218 valence electrons. The number of hydrazone groups is 1. The number of hydrogen-bond acceptors (Lipinski definition) is 6. The first-order valence-corrected chi connectivity index (χ1v) is 16.0. The van der Waals surface area contributed by atoms with Crippen molar-refractivity contribution in [2.75, 3.05) is 13.1 Å². The molecule has 0 aliphatic carbocycles. The Kier molecular flexibility index (Phi) is 9.44. The predicted octanol–water partition coefficient (Wildman–Crippen LogP) is 3.43. The standard InChI is InChI=1S/C27H30ClFN6O4S2/c1-18(2)25(33-41(30,38)39)16-31-27(34-40(36,37)23-14-10-21(28)11-15-23)35-17-24(19-6-4-3-5-7-19)26(32-35)20-8-12-22(29)13-9-20/h3-15,18,24-25,33H,16-17H2,1-2H3,(H,31,34)(H2,30,38,39)/t24-,25?/m0/s1. The third kappa shape index (κ3) is 8.11. The number of halogens is 2. The predicted molar refractivity (Wildman–Crippen MR) is 158 cm³/mol. The average Bonchev–Trinajstić information content (AvgIpc) is 3.36. The summed E-state index contributed by atoms with van der Waals surface area (Å²) in [4.78, 5) is 4.43. The molecule has 0 aromatic heterocycles. The third-order valence-corrected chi connectivity index (χ3v) is 8.64. The zero-order valence-corrected chi connectivity index (χ0v) is 24.7. The van der Waals surface area contributed by atoms with Crippen LogP contribution in [0.4, 0.5) is 4.39 Å². The molecule has 3 aromatic carbocycles. The molecule has 0 radical (unpaired) electrons. The van der Waals surface area contributed by atoms with Crippen molar-refractivity contribution in [3.05, 3.63) is 101 Å². The van der Waals surface area contributed by atoms with Gasteiger partial charge < -0.3 is 0 Å². The van der Waals surface area contributed by atoms with Gasteiger partial charge in [-0.2, -0.15) is 18.2 Å². The summed E-state index contributed by atoms with van der Waals surface area (Å²) in [6.07, 6.45) is 0. The second-order valence-electron chi connectivity index (χ2n) is 9.77. The Morgan fingerprint density at radius 3 is 2.27 bits per heavy atom. The van der Waals surface area contributed by atoms with Crippen LogP contribution in [-0.2, 0) is 20.2 Å². The number of nitrogens with zero attached hydrogens (tertiary/aromatic N) is 3. The van der Waals surface area contributed by atoms with Crippen LogP contribution in [0.5, 0.6) is 0 Å². The summed E-state index contributed by atoms with van der Waals surface area (Å²) in [6.45, 7) is 3.62. The van der Waals surface area contributed by atoms with Gasteiger partial charge in [-0.25, -0.2) is 32.7 Å². The fourth-order valence-electron chi connectivity index (χ4n) is 4.20. The van der Waals surface area contributed by atoms with Gasteiger partial charge in [-0.1, -0.05) is 67.9 Å². The van der Waals surface area contributed by atoms with Crippen molar-refractivity contribution in [1.29, 1.82) is 0 Å². The highest BCUT2D eigenvalue weighted by molar-refractivity contribution is 7.90. The Morgan fingerprint density at radius 1 is 1.05 bits per heavy atom. The maximum Gasteiger partial charge on any atom is 0.274 e. The largest absolute Gasteiger partial charge is 0.274 e. The van der Waals surface area contributed by atoms with Crippen LogP contribution in [-0.4, -0.2) is 52.6 Å². The van der Waals surface area contributed by atoms with Crippen LogP contribution in [0.2, 0.25) is 5.02 Å². The van der Waals surface area contributed by atoms with Crippen molar-refractivity contribution < 1.29 is 21.2 Å². The lowest BCUT2D eigenvalue weighted by Gasteiger charge is -2.23. The van der Waals surface area contributed by atoms with Crippen LogP contribution < -0.4 is 14.6 Å². The number of rotatable bonds is 9. The molecule has 10 nitrogen and oxygen atoms in total. The molecule has 1 aliphatic heterocycles. The molecule has 0 saturated heterocycles. The van der Waals surface area contributed by atoms with Crippen LogP contribution in [0.15, 0.2) is 93.9 Å². The van der Waals surface area contributed by atoms with Crippen molar-refractivity contribution in [3.63, 3.8) is 0 Å². The van der Waals surface area contributed by atoms with Crippen molar-refractivity contribution in [3.8, 4) is 0 Å². The molecule has 1 heterocycles. The van der Waals surface area contributed by atoms with Crippen LogP contribution in [0.3, 0.4) is 0 Å². The first-order valence-electron chi connectivity index (χ1n) is 12.6. The van der Waals surface area contributed by atoms with Crippen LogP contribution in [0.25, 0.3) is 0 Å². The van der Waals surface area contributed by atoms with Gasteiger partial charge in [-0.3, -0.25) is 0 Å². The average molecular weight is 621 g/mol. The van der Waals surface area contributed by atoms with E-state index in [0.29, 0.717) is 16.3 Å². The molecule has 0 spiro atoms. The minimum Gasteiger partial charge on any atom is -0.249 e. The molecule has 4 rings (SSSR count). The van der Waals surface area contributed by atoms with Gasteiger partial charge in [-0.15, -0.1) is 0 Å². The lowest BCUT2D eigenvalue weighted by molar-refractivity contribution is 0.438. The highest BCUT2D eigenvalue weighted by atomic mass is 35.5. The molecule has 0 bridgehead atoms. The smallest absolute Gasteiger partial charge is 0.249 e. The fourth-order valence-corrected chi connectivity index (χ4v) is 6.12. The molecule has 0 amide bonds. The van der Waals surface area contributed by atoms with E-state index in [0.717, 1.165) is 5.56 Å². The molecule has 14 heteroatoms. The summed E-state index contributed by atoms with van der Waals surface area (Å²) in [6, 6.07) is 20.2. The first-order chi connectivity index (χ1) is 19.3. The summed E-state index contributed by atoms with van der Waals surface area (Å²) in [7, 11) is -8.20. The molecule has 41 heavy (non-hydrogen) atoms. The van der Waals surface area contributed by atoms with E-state index in [2.05, 4.69) is 14.4 Å². The monoisotopic (exact) mass is 620 g/mol. The molecule has 1 unspecified atom stereocenters. The highest BCUT2D eigenvalue weighted by Crippen LogP contribution is 2.29. The van der Waals surface area contributed by atoms with Crippen molar-refractivity contribution >= 4 is 43.5 Å². The zero-order valence-electron chi connectivity index (χ0n) is 22.3. The van der Waals surface area contributed by atoms with E-state index in [1.807, 2.05) is 30.3 Å². The Bertz CT molecular complexity index is 1630. The van der Waals surface area contributed by atoms with E-state index in [-0.39, 0.29) is 35.8 Å². The number of guanidine groups is 1. The lowest BCUT2D eigenvalue weighted by Crippen LogP contribution is -2.46. The maximum atomic E-state index is 13.7. The molecule has 0 fully saturated rings. The van der Waals surface area contributed by atoms with E-state index >= 15 is 0 Å². The van der Waals surface area contributed by atoms with E-state index in [9.17, 15) is 21.2 Å². The zero-order chi connectivity index (χ0) is 29.8. The Morgan fingerprint density at radius 2 is 1.68 bits per heavy atom. The van der Waals surface area contributed by atoms with Gasteiger partial charge in [0.05, 0.1) is 23.7 Å². The van der Waals surface area contributed by atoms with Gasteiger partial charge in [0, 0.05) is 17.0 Å². The van der Waals surface area contributed by atoms with Crippen LogP contribution in [0.1, 0.15) is 30.9 Å². The molecule has 3 aromatic rings. The van der Waals surface area contributed by atoms with E-state index in [4.69, 9.17) is 21.8 Å². The highest BCUT2D eigenvalue weighted by Gasteiger charge is 2.33. The second kappa shape index (κ2) is 12.7. The van der Waals surface area contributed by atoms with Gasteiger partial charge in [0.2, 0.25) is 5.96 Å². The number of hydrogen-bond donors (Lipinski definition) is 3. The Labute approximate surface area is 244 Å². The van der Waals surface area contributed by atoms with Gasteiger partial charge in [-0.05, 0) is 53.4 Å². The fraction of sp³-hybridized carbons (Fsp3) is 0.259. The van der Waals surface area contributed by atoms with Crippen molar-refractivity contribution in [2.45, 2.75) is 30.7 Å². The molecule has 1 aliphatic rings. The summed E-state index contributed by atoms with van der Waals surface area (Å²) in [5, 5.41) is 11.7. The van der Waals surface area contributed by atoms with Crippen molar-refractivity contribution in [2.24, 2.45) is 21.2 Å². The van der Waals surface area contributed by atoms with Gasteiger partial charge in [0.1, 0.15) is 5.82 Å². The first kappa shape index (κ1) is 30.6. The summed E-state index contributed by atoms with van der Waals surface area (Å²) >= 11 is 5.94. The molecule has 0 saturated carbocycles. The van der Waals surface area contributed by atoms with E-state index < -0.39 is 32.1 Å². The molecular weight excluding hydrogens is 591 g/mol. The number of nitrogens with two attached hydrogens (primary N) is 1. The van der Waals surface area contributed by atoms with E-state index in [1.54, 1.807) is 26.0 Å². The van der Waals surface area contributed by atoms with E-state index in [1.165, 1.54) is 41.4 Å². The summed E-state index contributed by atoms with van der Waals surface area (Å²) in [5.74, 6) is -1.06. The van der Waals surface area contributed by atoms with Gasteiger partial charge in [0.25, 0.3) is 20.2 Å². The maximum absolute atomic E-state index is 13.7. The van der Waals surface area contributed by atoms with Gasteiger partial charge >= 0.3 is 0 Å². The Balaban J connectivity index is 1.77. The van der Waals surface area contributed by atoms with Crippen LogP contribution in [0, 0.1) is 11.7 Å². The van der Waals surface area contributed by atoms with Crippen molar-refractivity contribution in [1.82, 2.24) is 14.5 Å². The second-order valence-corrected chi connectivity index (χ2v) is 13.2. The number of sulfonamides is 1. The minimum absolute atomic E-state index is 0.0563. The quantitative estimate of drug-likeness (QED) is 0.248. The number of benzene rings is 3. The van der Waals surface area contributed by atoms with Crippen LogP contribution >= 0.6 is 11.6 Å². The summed E-state index contributed by atoms with van der Waals surface area (Å²) in [5.41, 5.74) is 2.14. The third-order valence-electron chi connectivity index (χ3n) is 6.41. The topological polar surface area (TPSA) is 146 Å². The minimum atomic E-state index is -4.15.